The quantitative estimate of drug-likeness (QED) is 0.894. The Kier molecular flexibility index (Phi) is 4.72. The van der Waals surface area contributed by atoms with Crippen molar-refractivity contribution >= 4 is 27.3 Å². The van der Waals surface area contributed by atoms with Gasteiger partial charge in [0.2, 0.25) is 5.91 Å². The van der Waals surface area contributed by atoms with Gasteiger partial charge in [-0.1, -0.05) is 6.07 Å². The van der Waals surface area contributed by atoms with Crippen LogP contribution in [0, 0.1) is 0 Å². The Hall–Kier alpha value is -0.960. The lowest BCUT2D eigenvalue weighted by molar-refractivity contribution is -0.147. The van der Waals surface area contributed by atoms with Gasteiger partial charge in [0.15, 0.2) is 0 Å². The maximum absolute atomic E-state index is 12.5. The topological polar surface area (TPSA) is 75.7 Å². The third-order valence-electron chi connectivity index (χ3n) is 3.37. The molecule has 0 bridgehead atoms. The molecule has 6 nitrogen and oxygen atoms in total. The van der Waals surface area contributed by atoms with Gasteiger partial charge in [-0.2, -0.15) is 4.72 Å². The van der Waals surface area contributed by atoms with Crippen LogP contribution in [0.2, 0.25) is 0 Å². The average molecular weight is 332 g/mol. The van der Waals surface area contributed by atoms with Crippen LogP contribution in [-0.4, -0.2) is 50.6 Å². The Balaban J connectivity index is 2.09. The molecule has 1 aromatic heterocycles. The number of hydrogen-bond donors (Lipinski definition) is 1. The van der Waals surface area contributed by atoms with Crippen LogP contribution in [0.3, 0.4) is 0 Å². The van der Waals surface area contributed by atoms with Gasteiger partial charge in [0, 0.05) is 6.54 Å². The van der Waals surface area contributed by atoms with Gasteiger partial charge in [0.1, 0.15) is 4.21 Å². The summed E-state index contributed by atoms with van der Waals surface area (Å²) in [5.74, 6) is -0.233. The van der Waals surface area contributed by atoms with Gasteiger partial charge >= 0.3 is 0 Å². The van der Waals surface area contributed by atoms with E-state index in [0.29, 0.717) is 19.8 Å². The van der Waals surface area contributed by atoms with E-state index in [4.69, 9.17) is 4.74 Å². The van der Waals surface area contributed by atoms with Crippen LogP contribution in [0.15, 0.2) is 21.7 Å². The second-order valence-electron chi connectivity index (χ2n) is 5.63. The van der Waals surface area contributed by atoms with Gasteiger partial charge in [-0.15, -0.1) is 11.3 Å². The van der Waals surface area contributed by atoms with Crippen molar-refractivity contribution in [1.82, 2.24) is 9.62 Å². The Bertz CT molecular complexity index is 596. The lowest BCUT2D eigenvalue weighted by atomic mass is 10.0. The lowest BCUT2D eigenvalue weighted by Crippen LogP contribution is -2.59. The maximum atomic E-state index is 12.5. The van der Waals surface area contributed by atoms with Crippen LogP contribution < -0.4 is 4.72 Å². The highest BCUT2D eigenvalue weighted by atomic mass is 32.2. The smallest absolute Gasteiger partial charge is 0.250 e. The molecule has 1 atom stereocenters. The van der Waals surface area contributed by atoms with Crippen molar-refractivity contribution in [2.24, 2.45) is 0 Å². The zero-order chi connectivity index (χ0) is 15.7. The molecule has 1 aliphatic rings. The standard InChI is InChI=1S/C13H20N2O4S2/c1-10(14-21(17,18)11-5-4-8-20-11)12(16)15-6-7-19-9-13(15,2)3/h4-5,8,10,14H,6-7,9H2,1-3H3. The summed E-state index contributed by atoms with van der Waals surface area (Å²) in [4.78, 5) is 14.2. The first-order chi connectivity index (χ1) is 9.74. The van der Waals surface area contributed by atoms with Crippen molar-refractivity contribution < 1.29 is 17.9 Å². The number of ether oxygens (including phenoxy) is 1. The molecule has 0 saturated carbocycles. The number of rotatable bonds is 4. The maximum Gasteiger partial charge on any atom is 0.250 e. The van der Waals surface area contributed by atoms with Crippen molar-refractivity contribution in [2.75, 3.05) is 19.8 Å². The summed E-state index contributed by atoms with van der Waals surface area (Å²) >= 11 is 1.12. The molecule has 1 N–H and O–H groups in total. The molecule has 118 valence electrons. The predicted molar refractivity (Wildman–Crippen MR) is 80.7 cm³/mol. The van der Waals surface area contributed by atoms with Crippen molar-refractivity contribution in [3.05, 3.63) is 17.5 Å². The summed E-state index contributed by atoms with van der Waals surface area (Å²) in [6, 6.07) is 2.37. The second-order valence-corrected chi connectivity index (χ2v) is 8.52. The summed E-state index contributed by atoms with van der Waals surface area (Å²) < 4.78 is 32.3. The molecule has 1 amide bonds. The first-order valence-electron chi connectivity index (χ1n) is 6.69. The highest BCUT2D eigenvalue weighted by Crippen LogP contribution is 2.21. The number of carbonyl (C=O) groups excluding carboxylic acids is 1. The van der Waals surface area contributed by atoms with Gasteiger partial charge < -0.3 is 9.64 Å². The molecule has 1 unspecified atom stereocenters. The van der Waals surface area contributed by atoms with E-state index >= 15 is 0 Å². The van der Waals surface area contributed by atoms with Gasteiger partial charge in [-0.05, 0) is 32.2 Å². The Morgan fingerprint density at radius 3 is 2.81 bits per heavy atom. The van der Waals surface area contributed by atoms with Crippen molar-refractivity contribution in [3.63, 3.8) is 0 Å². The van der Waals surface area contributed by atoms with Crippen LogP contribution in [0.25, 0.3) is 0 Å². The number of thiophene rings is 1. The minimum absolute atomic E-state index is 0.211. The van der Waals surface area contributed by atoms with Crippen LogP contribution in [0.1, 0.15) is 20.8 Å². The molecule has 21 heavy (non-hydrogen) atoms. The third-order valence-corrected chi connectivity index (χ3v) is 6.31. The first kappa shape index (κ1) is 16.4. The summed E-state index contributed by atoms with van der Waals surface area (Å²) in [5.41, 5.74) is -0.433. The zero-order valence-electron chi connectivity index (χ0n) is 12.3. The summed E-state index contributed by atoms with van der Waals surface area (Å²) in [7, 11) is -3.65. The van der Waals surface area contributed by atoms with E-state index in [0.717, 1.165) is 11.3 Å². The fourth-order valence-electron chi connectivity index (χ4n) is 2.26. The van der Waals surface area contributed by atoms with E-state index < -0.39 is 21.6 Å². The summed E-state index contributed by atoms with van der Waals surface area (Å²) in [5, 5.41) is 1.69. The van der Waals surface area contributed by atoms with Crippen molar-refractivity contribution in [2.45, 2.75) is 36.6 Å². The molecule has 0 spiro atoms. The molecule has 1 fully saturated rings. The molecule has 1 saturated heterocycles. The van der Waals surface area contributed by atoms with E-state index in [1.54, 1.807) is 23.3 Å². The number of morpholine rings is 1. The summed E-state index contributed by atoms with van der Waals surface area (Å²) in [6.07, 6.45) is 0. The molecule has 0 aromatic carbocycles. The van der Waals surface area contributed by atoms with Crippen molar-refractivity contribution in [3.8, 4) is 0 Å². The minimum atomic E-state index is -3.65. The van der Waals surface area contributed by atoms with Crippen LogP contribution >= 0.6 is 11.3 Å². The Morgan fingerprint density at radius 1 is 1.52 bits per heavy atom. The van der Waals surface area contributed by atoms with Gasteiger partial charge in [0.05, 0.1) is 24.8 Å². The largest absolute Gasteiger partial charge is 0.377 e. The number of amides is 1. The molecule has 1 aliphatic heterocycles. The van der Waals surface area contributed by atoms with Crippen LogP contribution in [-0.2, 0) is 19.6 Å². The van der Waals surface area contributed by atoms with E-state index in [1.807, 2.05) is 13.8 Å². The molecule has 8 heteroatoms. The molecular weight excluding hydrogens is 312 g/mol. The van der Waals surface area contributed by atoms with E-state index in [1.165, 1.54) is 6.07 Å². The molecule has 0 radical (unpaired) electrons. The molecule has 2 rings (SSSR count). The molecule has 2 heterocycles. The minimum Gasteiger partial charge on any atom is -0.377 e. The monoisotopic (exact) mass is 332 g/mol. The van der Waals surface area contributed by atoms with E-state index in [9.17, 15) is 13.2 Å². The highest BCUT2D eigenvalue weighted by molar-refractivity contribution is 7.91. The normalized spacial score (nSPS) is 20.2. The predicted octanol–water partition coefficient (Wildman–Crippen LogP) is 1.05. The Labute approximate surface area is 129 Å². The lowest BCUT2D eigenvalue weighted by Gasteiger charge is -2.43. The highest BCUT2D eigenvalue weighted by Gasteiger charge is 2.37. The Morgan fingerprint density at radius 2 is 2.24 bits per heavy atom. The van der Waals surface area contributed by atoms with E-state index in [-0.39, 0.29) is 10.1 Å². The fraction of sp³-hybridized carbons (Fsp3) is 0.615. The summed E-state index contributed by atoms with van der Waals surface area (Å²) in [6.45, 7) is 6.77. The van der Waals surface area contributed by atoms with Gasteiger partial charge in [0.25, 0.3) is 10.0 Å². The molecular formula is C13H20N2O4S2. The van der Waals surface area contributed by atoms with Crippen LogP contribution in [0.4, 0.5) is 0 Å². The first-order valence-corrected chi connectivity index (χ1v) is 9.05. The van der Waals surface area contributed by atoms with Gasteiger partial charge in [-0.25, -0.2) is 8.42 Å². The SMILES string of the molecule is CC(NS(=O)(=O)c1cccs1)C(=O)N1CCOCC1(C)C. The number of nitrogens with one attached hydrogen (secondary N) is 1. The fourth-order valence-corrected chi connectivity index (χ4v) is 4.46. The third kappa shape index (κ3) is 3.63. The number of carbonyl (C=O) groups is 1. The average Bonchev–Trinajstić information content (AvgIpc) is 2.91. The molecule has 0 aliphatic carbocycles. The van der Waals surface area contributed by atoms with E-state index in [2.05, 4.69) is 4.72 Å². The molecule has 1 aromatic rings. The zero-order valence-corrected chi connectivity index (χ0v) is 14.0. The number of hydrogen-bond acceptors (Lipinski definition) is 5. The van der Waals surface area contributed by atoms with Crippen LogP contribution in [0.5, 0.6) is 0 Å². The number of nitrogens with zero attached hydrogens (tertiary/aromatic N) is 1. The second kappa shape index (κ2) is 6.04. The van der Waals surface area contributed by atoms with Gasteiger partial charge in [-0.3, -0.25) is 4.79 Å². The van der Waals surface area contributed by atoms with Crippen molar-refractivity contribution in [1.29, 1.82) is 0 Å². The number of sulfonamides is 1.